The summed E-state index contributed by atoms with van der Waals surface area (Å²) in [6.45, 7) is 1.93. The molecule has 3 N–H and O–H groups in total. The van der Waals surface area contributed by atoms with Gasteiger partial charge in [-0.25, -0.2) is 5.43 Å². The van der Waals surface area contributed by atoms with E-state index in [0.717, 1.165) is 5.56 Å². The molecule has 6 heteroatoms. The molecule has 2 rings (SSSR count). The van der Waals surface area contributed by atoms with Crippen molar-refractivity contribution in [2.24, 2.45) is 5.10 Å². The zero-order valence-corrected chi connectivity index (χ0v) is 12.8. The van der Waals surface area contributed by atoms with E-state index in [-0.39, 0.29) is 17.2 Å². The number of nitrogens with zero attached hydrogens (tertiary/aromatic N) is 1. The SMILES string of the molecule is CNC(=O)c1cccc(/C=N\NC(=O)c2ccc(C)cc2)c1O. The first-order chi connectivity index (χ1) is 11.0. The number of benzene rings is 2. The lowest BCUT2D eigenvalue weighted by atomic mass is 10.1. The van der Waals surface area contributed by atoms with Crippen LogP contribution in [0.2, 0.25) is 0 Å². The monoisotopic (exact) mass is 311 g/mol. The first-order valence-corrected chi connectivity index (χ1v) is 6.97. The van der Waals surface area contributed by atoms with Gasteiger partial charge in [0, 0.05) is 18.2 Å². The molecule has 0 fully saturated rings. The van der Waals surface area contributed by atoms with E-state index in [1.807, 2.05) is 19.1 Å². The number of aromatic hydroxyl groups is 1. The van der Waals surface area contributed by atoms with Gasteiger partial charge in [0.05, 0.1) is 11.8 Å². The Balaban J connectivity index is 2.10. The van der Waals surface area contributed by atoms with E-state index >= 15 is 0 Å². The van der Waals surface area contributed by atoms with E-state index in [1.165, 1.54) is 19.3 Å². The van der Waals surface area contributed by atoms with Gasteiger partial charge in [0.2, 0.25) is 0 Å². The van der Waals surface area contributed by atoms with Crippen LogP contribution in [0.15, 0.2) is 47.6 Å². The van der Waals surface area contributed by atoms with Crippen LogP contribution in [0.3, 0.4) is 0 Å². The highest BCUT2D eigenvalue weighted by atomic mass is 16.3. The molecule has 0 heterocycles. The van der Waals surface area contributed by atoms with Crippen molar-refractivity contribution in [3.8, 4) is 5.75 Å². The number of rotatable bonds is 4. The van der Waals surface area contributed by atoms with Gasteiger partial charge in [-0.15, -0.1) is 0 Å². The molecular formula is C17H17N3O3. The average Bonchev–Trinajstić information content (AvgIpc) is 2.56. The zero-order chi connectivity index (χ0) is 16.8. The summed E-state index contributed by atoms with van der Waals surface area (Å²) in [6.07, 6.45) is 1.29. The Morgan fingerprint density at radius 3 is 2.43 bits per heavy atom. The maximum atomic E-state index is 11.9. The summed E-state index contributed by atoms with van der Waals surface area (Å²) in [5, 5.41) is 16.3. The lowest BCUT2D eigenvalue weighted by Crippen LogP contribution is -2.18. The first-order valence-electron chi connectivity index (χ1n) is 6.97. The molecule has 23 heavy (non-hydrogen) atoms. The molecule has 0 aromatic heterocycles. The third-order valence-corrected chi connectivity index (χ3v) is 3.22. The van der Waals surface area contributed by atoms with E-state index in [1.54, 1.807) is 24.3 Å². The third-order valence-electron chi connectivity index (χ3n) is 3.22. The van der Waals surface area contributed by atoms with Gasteiger partial charge in [0.25, 0.3) is 11.8 Å². The van der Waals surface area contributed by atoms with Gasteiger partial charge in [0.15, 0.2) is 0 Å². The molecule has 0 aliphatic rings. The predicted molar refractivity (Wildman–Crippen MR) is 87.7 cm³/mol. The lowest BCUT2D eigenvalue weighted by molar-refractivity contribution is 0.0948. The largest absolute Gasteiger partial charge is 0.506 e. The van der Waals surface area contributed by atoms with Crippen LogP contribution in [0.4, 0.5) is 0 Å². The molecule has 2 aromatic carbocycles. The molecule has 0 bridgehead atoms. The summed E-state index contributed by atoms with van der Waals surface area (Å²) in [7, 11) is 1.48. The lowest BCUT2D eigenvalue weighted by Gasteiger charge is -2.05. The molecule has 0 aliphatic heterocycles. The Kier molecular flexibility index (Phi) is 5.09. The number of carbonyl (C=O) groups excluding carboxylic acids is 2. The number of nitrogens with one attached hydrogen (secondary N) is 2. The van der Waals surface area contributed by atoms with Crippen molar-refractivity contribution in [3.05, 3.63) is 64.7 Å². The number of hydrazone groups is 1. The van der Waals surface area contributed by atoms with E-state index in [4.69, 9.17) is 0 Å². The molecule has 2 aromatic rings. The Bertz CT molecular complexity index is 752. The maximum Gasteiger partial charge on any atom is 0.271 e. The van der Waals surface area contributed by atoms with Crippen molar-refractivity contribution in [2.75, 3.05) is 7.05 Å². The summed E-state index contributed by atoms with van der Waals surface area (Å²) in [6, 6.07) is 11.8. The van der Waals surface area contributed by atoms with Crippen LogP contribution in [0, 0.1) is 6.92 Å². The van der Waals surface area contributed by atoms with Crippen LogP contribution in [0.1, 0.15) is 31.8 Å². The maximum absolute atomic E-state index is 11.9. The molecule has 0 saturated heterocycles. The fourth-order valence-electron chi connectivity index (χ4n) is 1.91. The van der Waals surface area contributed by atoms with Crippen molar-refractivity contribution < 1.29 is 14.7 Å². The molecule has 0 unspecified atom stereocenters. The summed E-state index contributed by atoms with van der Waals surface area (Å²) in [5.74, 6) is -0.954. The number of para-hydroxylation sites is 1. The van der Waals surface area contributed by atoms with Gasteiger partial charge in [-0.2, -0.15) is 5.10 Å². The Hall–Kier alpha value is -3.15. The van der Waals surface area contributed by atoms with Crippen molar-refractivity contribution in [3.63, 3.8) is 0 Å². The van der Waals surface area contributed by atoms with E-state index < -0.39 is 5.91 Å². The van der Waals surface area contributed by atoms with Crippen LogP contribution >= 0.6 is 0 Å². The minimum Gasteiger partial charge on any atom is -0.506 e. The highest BCUT2D eigenvalue weighted by Gasteiger charge is 2.11. The van der Waals surface area contributed by atoms with Gasteiger partial charge in [-0.3, -0.25) is 9.59 Å². The summed E-state index contributed by atoms with van der Waals surface area (Å²) in [4.78, 5) is 23.5. The zero-order valence-electron chi connectivity index (χ0n) is 12.8. The number of carbonyl (C=O) groups is 2. The number of aryl methyl sites for hydroxylation is 1. The highest BCUT2D eigenvalue weighted by Crippen LogP contribution is 2.20. The molecule has 0 atom stereocenters. The molecule has 0 radical (unpaired) electrons. The van der Waals surface area contributed by atoms with Crippen LogP contribution in [0.25, 0.3) is 0 Å². The van der Waals surface area contributed by atoms with Crippen LogP contribution < -0.4 is 10.7 Å². The Labute approximate surface area is 133 Å². The average molecular weight is 311 g/mol. The second kappa shape index (κ2) is 7.22. The predicted octanol–water partition coefficient (Wildman–Crippen LogP) is 1.82. The number of phenolic OH excluding ortho intramolecular Hbond substituents is 1. The fourth-order valence-corrected chi connectivity index (χ4v) is 1.91. The van der Waals surface area contributed by atoms with Crippen molar-refractivity contribution in [2.45, 2.75) is 6.92 Å². The second-order valence-corrected chi connectivity index (χ2v) is 4.89. The molecule has 6 nitrogen and oxygen atoms in total. The number of amides is 2. The highest BCUT2D eigenvalue weighted by molar-refractivity contribution is 6.00. The number of hydrogen-bond acceptors (Lipinski definition) is 4. The number of phenols is 1. The van der Waals surface area contributed by atoms with Gasteiger partial charge >= 0.3 is 0 Å². The van der Waals surface area contributed by atoms with Gasteiger partial charge < -0.3 is 10.4 Å². The third kappa shape index (κ3) is 3.94. The van der Waals surface area contributed by atoms with Gasteiger partial charge in [-0.1, -0.05) is 23.8 Å². The summed E-state index contributed by atoms with van der Waals surface area (Å²) < 4.78 is 0. The first kappa shape index (κ1) is 16.2. The van der Waals surface area contributed by atoms with Crippen LogP contribution in [-0.2, 0) is 0 Å². The standard InChI is InChI=1S/C17H17N3O3/c1-11-6-8-12(9-7-11)16(22)20-19-10-13-4-3-5-14(15(13)21)17(23)18-2/h3-10,21H,1-2H3,(H,18,23)(H,20,22)/b19-10-. The van der Waals surface area contributed by atoms with E-state index in [0.29, 0.717) is 11.1 Å². The molecule has 0 aliphatic carbocycles. The van der Waals surface area contributed by atoms with Crippen molar-refractivity contribution in [1.29, 1.82) is 0 Å². The molecule has 0 spiro atoms. The molecule has 0 saturated carbocycles. The Morgan fingerprint density at radius 1 is 1.09 bits per heavy atom. The minimum atomic E-state index is -0.401. The number of hydrogen-bond donors (Lipinski definition) is 3. The molecular weight excluding hydrogens is 294 g/mol. The minimum absolute atomic E-state index is 0.140. The van der Waals surface area contributed by atoms with Crippen LogP contribution in [0.5, 0.6) is 5.75 Å². The summed E-state index contributed by atoms with van der Waals surface area (Å²) in [5.41, 5.74) is 4.38. The second-order valence-electron chi connectivity index (χ2n) is 4.89. The summed E-state index contributed by atoms with van der Waals surface area (Å²) >= 11 is 0. The van der Waals surface area contributed by atoms with Crippen molar-refractivity contribution in [1.82, 2.24) is 10.7 Å². The van der Waals surface area contributed by atoms with Crippen LogP contribution in [-0.4, -0.2) is 30.2 Å². The Morgan fingerprint density at radius 2 is 1.78 bits per heavy atom. The van der Waals surface area contributed by atoms with Gasteiger partial charge in [0.1, 0.15) is 5.75 Å². The van der Waals surface area contributed by atoms with Gasteiger partial charge in [-0.05, 0) is 31.2 Å². The normalized spacial score (nSPS) is 10.5. The van der Waals surface area contributed by atoms with E-state index in [2.05, 4.69) is 15.8 Å². The van der Waals surface area contributed by atoms with E-state index in [9.17, 15) is 14.7 Å². The fraction of sp³-hybridized carbons (Fsp3) is 0.118. The molecule has 118 valence electrons. The van der Waals surface area contributed by atoms with Crippen molar-refractivity contribution >= 4 is 18.0 Å². The smallest absolute Gasteiger partial charge is 0.271 e. The topological polar surface area (TPSA) is 90.8 Å². The quantitative estimate of drug-likeness (QED) is 0.594. The molecule has 2 amide bonds.